The number of nitrogens with zero attached hydrogens (tertiary/aromatic N) is 6. The van der Waals surface area contributed by atoms with Gasteiger partial charge in [-0.05, 0) is 5.92 Å². The number of hydrazine groups is 1. The Hall–Kier alpha value is -2.29. The van der Waals surface area contributed by atoms with Crippen LogP contribution in [0.5, 0.6) is 6.01 Å². The number of nitrogens with two attached hydrogens (primary N) is 1. The molecule has 0 saturated carbocycles. The number of anilines is 1. The van der Waals surface area contributed by atoms with Crippen molar-refractivity contribution in [3.8, 4) is 12.0 Å². The van der Waals surface area contributed by atoms with E-state index in [9.17, 15) is 0 Å². The van der Waals surface area contributed by atoms with Crippen LogP contribution in [0.1, 0.15) is 13.8 Å². The lowest BCUT2D eigenvalue weighted by Gasteiger charge is -2.08. The Morgan fingerprint density at radius 2 is 2.22 bits per heavy atom. The fourth-order valence-corrected chi connectivity index (χ4v) is 1.13. The highest BCUT2D eigenvalue weighted by Gasteiger charge is 2.09. The molecule has 0 fully saturated rings. The van der Waals surface area contributed by atoms with Crippen LogP contribution < -0.4 is 16.0 Å². The first-order valence-electron chi connectivity index (χ1n) is 5.39. The summed E-state index contributed by atoms with van der Waals surface area (Å²) >= 11 is 0. The van der Waals surface area contributed by atoms with Gasteiger partial charge < -0.3 is 4.74 Å². The molecule has 0 saturated heterocycles. The second kappa shape index (κ2) is 5.36. The second-order valence-electron chi connectivity index (χ2n) is 3.93. The van der Waals surface area contributed by atoms with Gasteiger partial charge in [-0.3, -0.25) is 5.43 Å². The van der Waals surface area contributed by atoms with Crippen LogP contribution in [0.2, 0.25) is 0 Å². The Morgan fingerprint density at radius 1 is 1.39 bits per heavy atom. The van der Waals surface area contributed by atoms with Gasteiger partial charge >= 0.3 is 6.01 Å². The number of rotatable bonds is 5. The van der Waals surface area contributed by atoms with E-state index >= 15 is 0 Å². The third-order valence-corrected chi connectivity index (χ3v) is 1.90. The number of ether oxygens (including phenoxy) is 1. The van der Waals surface area contributed by atoms with Crippen molar-refractivity contribution in [1.29, 1.82) is 0 Å². The summed E-state index contributed by atoms with van der Waals surface area (Å²) < 4.78 is 6.82. The molecule has 96 valence electrons. The highest BCUT2D eigenvalue weighted by Crippen LogP contribution is 2.10. The molecular weight excluding hydrogens is 236 g/mol. The summed E-state index contributed by atoms with van der Waals surface area (Å²) in [6, 6.07) is 0.192. The Kier molecular flexibility index (Phi) is 3.63. The molecule has 0 amide bonds. The lowest BCUT2D eigenvalue weighted by atomic mass is 10.2. The van der Waals surface area contributed by atoms with Crippen LogP contribution >= 0.6 is 0 Å². The van der Waals surface area contributed by atoms with Crippen LogP contribution in [0.25, 0.3) is 5.95 Å². The van der Waals surface area contributed by atoms with Crippen LogP contribution in [-0.2, 0) is 0 Å². The summed E-state index contributed by atoms with van der Waals surface area (Å²) in [6.45, 7) is 4.56. The van der Waals surface area contributed by atoms with E-state index in [4.69, 9.17) is 10.6 Å². The SMILES string of the molecule is CC(C)COc1nc(NN)nc(-n2cncn2)n1. The fourth-order valence-electron chi connectivity index (χ4n) is 1.13. The molecule has 9 heteroatoms. The molecule has 9 nitrogen and oxygen atoms in total. The van der Waals surface area contributed by atoms with E-state index in [-0.39, 0.29) is 17.9 Å². The van der Waals surface area contributed by atoms with Gasteiger partial charge in [0, 0.05) is 0 Å². The lowest BCUT2D eigenvalue weighted by Crippen LogP contribution is -2.16. The zero-order valence-electron chi connectivity index (χ0n) is 10.1. The Morgan fingerprint density at radius 3 is 2.83 bits per heavy atom. The van der Waals surface area contributed by atoms with E-state index in [0.29, 0.717) is 12.5 Å². The van der Waals surface area contributed by atoms with Gasteiger partial charge in [-0.25, -0.2) is 10.8 Å². The van der Waals surface area contributed by atoms with Gasteiger partial charge in [-0.2, -0.15) is 24.7 Å². The molecule has 0 unspecified atom stereocenters. The monoisotopic (exact) mass is 250 g/mol. The average Bonchev–Trinajstić information content (AvgIpc) is 2.89. The van der Waals surface area contributed by atoms with Gasteiger partial charge in [0.15, 0.2) is 0 Å². The molecule has 3 N–H and O–H groups in total. The first-order valence-corrected chi connectivity index (χ1v) is 5.39. The van der Waals surface area contributed by atoms with E-state index in [1.165, 1.54) is 17.3 Å². The molecule has 0 aliphatic rings. The minimum Gasteiger partial charge on any atom is -0.463 e. The lowest BCUT2D eigenvalue weighted by molar-refractivity contribution is 0.250. The third kappa shape index (κ3) is 2.88. The molecule has 0 radical (unpaired) electrons. The molecule has 2 heterocycles. The van der Waals surface area contributed by atoms with Crippen molar-refractivity contribution in [3.63, 3.8) is 0 Å². The standard InChI is InChI=1S/C9H14N8O/c1-6(2)3-18-9-14-7(16-10)13-8(15-9)17-5-11-4-12-17/h4-6H,3,10H2,1-2H3,(H,13,14,15,16). The molecular formula is C9H14N8O. The van der Waals surface area contributed by atoms with E-state index < -0.39 is 0 Å². The fraction of sp³-hybridized carbons (Fsp3) is 0.444. The van der Waals surface area contributed by atoms with E-state index in [0.717, 1.165) is 0 Å². The molecule has 0 aromatic carbocycles. The van der Waals surface area contributed by atoms with Crippen LogP contribution in [0.15, 0.2) is 12.7 Å². The normalized spacial score (nSPS) is 10.7. The molecule has 2 aromatic heterocycles. The summed E-state index contributed by atoms with van der Waals surface area (Å²) in [7, 11) is 0. The summed E-state index contributed by atoms with van der Waals surface area (Å²) in [5.41, 5.74) is 2.35. The molecule has 0 bridgehead atoms. The molecule has 2 aromatic rings. The molecule has 18 heavy (non-hydrogen) atoms. The maximum absolute atomic E-state index is 5.43. The maximum atomic E-state index is 5.43. The zero-order chi connectivity index (χ0) is 13.0. The highest BCUT2D eigenvalue weighted by molar-refractivity contribution is 5.27. The van der Waals surface area contributed by atoms with Crippen molar-refractivity contribution in [2.75, 3.05) is 12.0 Å². The smallest absolute Gasteiger partial charge is 0.323 e. The minimum atomic E-state index is 0.192. The van der Waals surface area contributed by atoms with Crippen LogP contribution in [0.3, 0.4) is 0 Å². The zero-order valence-corrected chi connectivity index (χ0v) is 10.1. The molecule has 0 atom stereocenters. The number of hydrogen-bond acceptors (Lipinski definition) is 8. The van der Waals surface area contributed by atoms with Crippen molar-refractivity contribution in [2.24, 2.45) is 11.8 Å². The van der Waals surface area contributed by atoms with Crippen molar-refractivity contribution in [3.05, 3.63) is 12.7 Å². The van der Waals surface area contributed by atoms with Crippen LogP contribution in [-0.4, -0.2) is 36.3 Å². The van der Waals surface area contributed by atoms with Gasteiger partial charge in [-0.15, -0.1) is 0 Å². The highest BCUT2D eigenvalue weighted by atomic mass is 16.5. The quantitative estimate of drug-likeness (QED) is 0.552. The van der Waals surface area contributed by atoms with Crippen molar-refractivity contribution < 1.29 is 4.74 Å². The largest absolute Gasteiger partial charge is 0.463 e. The number of hydrogen-bond donors (Lipinski definition) is 2. The predicted octanol–water partition coefficient (Wildman–Crippen LogP) is -0.227. The van der Waals surface area contributed by atoms with Gasteiger partial charge in [0.05, 0.1) is 6.61 Å². The maximum Gasteiger partial charge on any atom is 0.323 e. The topological polar surface area (TPSA) is 117 Å². The molecule has 0 spiro atoms. The first-order chi connectivity index (χ1) is 8.69. The van der Waals surface area contributed by atoms with E-state index in [1.807, 2.05) is 13.8 Å². The van der Waals surface area contributed by atoms with E-state index in [2.05, 4.69) is 30.5 Å². The molecule has 0 aliphatic heterocycles. The summed E-state index contributed by atoms with van der Waals surface area (Å²) in [5.74, 6) is 6.15. The molecule has 0 aliphatic carbocycles. The molecule has 2 rings (SSSR count). The Balaban J connectivity index is 2.27. The number of aromatic nitrogens is 6. The second-order valence-corrected chi connectivity index (χ2v) is 3.93. The third-order valence-electron chi connectivity index (χ3n) is 1.90. The van der Waals surface area contributed by atoms with Gasteiger partial charge in [0.1, 0.15) is 12.7 Å². The van der Waals surface area contributed by atoms with Gasteiger partial charge in [0.25, 0.3) is 5.95 Å². The average molecular weight is 250 g/mol. The summed E-state index contributed by atoms with van der Waals surface area (Å²) in [4.78, 5) is 16.0. The van der Waals surface area contributed by atoms with Crippen LogP contribution in [0.4, 0.5) is 5.95 Å². The van der Waals surface area contributed by atoms with Crippen molar-refractivity contribution in [2.45, 2.75) is 13.8 Å². The number of nitrogens with one attached hydrogen (secondary N) is 1. The predicted molar refractivity (Wildman–Crippen MR) is 62.9 cm³/mol. The van der Waals surface area contributed by atoms with Crippen LogP contribution in [0, 0.1) is 5.92 Å². The first kappa shape index (κ1) is 12.2. The van der Waals surface area contributed by atoms with Gasteiger partial charge in [-0.1, -0.05) is 13.8 Å². The van der Waals surface area contributed by atoms with Crippen molar-refractivity contribution in [1.82, 2.24) is 29.7 Å². The summed E-state index contributed by atoms with van der Waals surface area (Å²) in [5, 5.41) is 3.93. The van der Waals surface area contributed by atoms with E-state index in [1.54, 1.807) is 0 Å². The Labute approximate surface area is 103 Å². The minimum absolute atomic E-state index is 0.192. The number of nitrogen functional groups attached to an aromatic ring is 1. The van der Waals surface area contributed by atoms with Gasteiger partial charge in [0.2, 0.25) is 5.95 Å². The summed E-state index contributed by atoms with van der Waals surface area (Å²) in [6.07, 6.45) is 2.86. The Bertz CT molecular complexity index is 497. The van der Waals surface area contributed by atoms with Crippen molar-refractivity contribution >= 4 is 5.95 Å².